The average Bonchev–Trinajstić information content (AvgIpc) is 2.84. The molecule has 1 N–H and O–H groups in total. The lowest BCUT2D eigenvalue weighted by molar-refractivity contribution is 0.364. The van der Waals surface area contributed by atoms with Crippen molar-refractivity contribution < 1.29 is 4.52 Å². The second-order valence-corrected chi connectivity index (χ2v) is 4.78. The average molecular weight is 268 g/mol. The Morgan fingerprint density at radius 3 is 2.75 bits per heavy atom. The predicted molar refractivity (Wildman–Crippen MR) is 76.1 cm³/mol. The van der Waals surface area contributed by atoms with Crippen molar-refractivity contribution >= 4 is 10.9 Å². The molecule has 0 aliphatic carbocycles. The van der Waals surface area contributed by atoms with Gasteiger partial charge in [0.05, 0.1) is 12.1 Å². The molecule has 0 atom stereocenters. The van der Waals surface area contributed by atoms with Crippen LogP contribution >= 0.6 is 0 Å². The summed E-state index contributed by atoms with van der Waals surface area (Å²) < 4.78 is 5.08. The third kappa shape index (κ3) is 2.67. The van der Waals surface area contributed by atoms with Crippen LogP contribution in [0.1, 0.15) is 23.0 Å². The highest BCUT2D eigenvalue weighted by Crippen LogP contribution is 2.18. The Balaban J connectivity index is 1.77. The molecular weight excluding hydrogens is 252 g/mol. The van der Waals surface area contributed by atoms with Gasteiger partial charge in [-0.05, 0) is 31.5 Å². The molecule has 3 aromatic rings. The van der Waals surface area contributed by atoms with Crippen LogP contribution in [0.2, 0.25) is 0 Å². The Kier molecular flexibility index (Phi) is 3.43. The van der Waals surface area contributed by atoms with Crippen LogP contribution in [0.5, 0.6) is 0 Å². The van der Waals surface area contributed by atoms with Gasteiger partial charge in [-0.15, -0.1) is 0 Å². The highest BCUT2D eigenvalue weighted by molar-refractivity contribution is 5.82. The van der Waals surface area contributed by atoms with Crippen molar-refractivity contribution in [3.63, 3.8) is 0 Å². The molecule has 0 saturated heterocycles. The van der Waals surface area contributed by atoms with Crippen LogP contribution in [0.25, 0.3) is 10.9 Å². The van der Waals surface area contributed by atoms with Crippen molar-refractivity contribution in [2.24, 2.45) is 0 Å². The van der Waals surface area contributed by atoms with Crippen molar-refractivity contribution in [3.8, 4) is 0 Å². The zero-order valence-corrected chi connectivity index (χ0v) is 11.6. The number of nitrogens with zero attached hydrogens (tertiary/aromatic N) is 3. The molecule has 1 aromatic carbocycles. The van der Waals surface area contributed by atoms with E-state index in [1.54, 1.807) is 0 Å². The third-order valence-corrected chi connectivity index (χ3v) is 3.09. The zero-order chi connectivity index (χ0) is 13.9. The van der Waals surface area contributed by atoms with Crippen LogP contribution in [0.15, 0.2) is 34.9 Å². The van der Waals surface area contributed by atoms with Gasteiger partial charge in [0.2, 0.25) is 5.89 Å². The molecule has 0 fully saturated rings. The lowest BCUT2D eigenvalue weighted by Crippen LogP contribution is -2.13. The van der Waals surface area contributed by atoms with Gasteiger partial charge in [0.15, 0.2) is 5.82 Å². The van der Waals surface area contributed by atoms with Crippen LogP contribution in [-0.2, 0) is 13.1 Å². The fraction of sp³-hybridized carbons (Fsp3) is 0.267. The topological polar surface area (TPSA) is 63.8 Å². The van der Waals surface area contributed by atoms with Crippen molar-refractivity contribution in [3.05, 3.63) is 53.3 Å². The van der Waals surface area contributed by atoms with Gasteiger partial charge in [-0.3, -0.25) is 4.98 Å². The van der Waals surface area contributed by atoms with Crippen molar-refractivity contribution in [1.82, 2.24) is 20.4 Å². The lowest BCUT2D eigenvalue weighted by Gasteiger charge is -2.08. The molecule has 2 heterocycles. The van der Waals surface area contributed by atoms with Crippen LogP contribution < -0.4 is 5.32 Å². The number of para-hydroxylation sites is 1. The molecule has 0 aliphatic heterocycles. The summed E-state index contributed by atoms with van der Waals surface area (Å²) in [6, 6.07) is 10.3. The maximum atomic E-state index is 5.08. The molecule has 5 nitrogen and oxygen atoms in total. The SMILES string of the molecule is Cc1cc(CNCc2nc(C)no2)c2ccccc2n1. The molecule has 2 aromatic heterocycles. The Labute approximate surface area is 117 Å². The molecule has 0 radical (unpaired) electrons. The lowest BCUT2D eigenvalue weighted by atomic mass is 10.1. The fourth-order valence-electron chi connectivity index (χ4n) is 2.26. The van der Waals surface area contributed by atoms with E-state index >= 15 is 0 Å². The van der Waals surface area contributed by atoms with Gasteiger partial charge in [0, 0.05) is 17.6 Å². The number of aryl methyl sites for hydroxylation is 2. The monoisotopic (exact) mass is 268 g/mol. The minimum absolute atomic E-state index is 0.566. The largest absolute Gasteiger partial charge is 0.338 e. The highest BCUT2D eigenvalue weighted by Gasteiger charge is 2.05. The molecule has 0 unspecified atom stereocenters. The van der Waals surface area contributed by atoms with Crippen LogP contribution in [0.3, 0.4) is 0 Å². The molecular formula is C15H16N4O. The zero-order valence-electron chi connectivity index (χ0n) is 11.6. The minimum atomic E-state index is 0.566. The van der Waals surface area contributed by atoms with Gasteiger partial charge >= 0.3 is 0 Å². The van der Waals surface area contributed by atoms with Gasteiger partial charge in [0.1, 0.15) is 0 Å². The number of pyridine rings is 1. The fourth-order valence-corrected chi connectivity index (χ4v) is 2.26. The summed E-state index contributed by atoms with van der Waals surface area (Å²) in [7, 11) is 0. The van der Waals surface area contributed by atoms with E-state index in [0.29, 0.717) is 18.3 Å². The predicted octanol–water partition coefficient (Wildman–Crippen LogP) is 2.52. The smallest absolute Gasteiger partial charge is 0.240 e. The minimum Gasteiger partial charge on any atom is -0.338 e. The Morgan fingerprint density at radius 2 is 1.95 bits per heavy atom. The van der Waals surface area contributed by atoms with Gasteiger partial charge in [-0.1, -0.05) is 23.4 Å². The first kappa shape index (κ1) is 12.7. The summed E-state index contributed by atoms with van der Waals surface area (Å²) in [5, 5.41) is 8.27. The van der Waals surface area contributed by atoms with E-state index in [-0.39, 0.29) is 0 Å². The van der Waals surface area contributed by atoms with E-state index < -0.39 is 0 Å². The van der Waals surface area contributed by atoms with Crippen molar-refractivity contribution in [2.75, 3.05) is 0 Å². The Morgan fingerprint density at radius 1 is 1.10 bits per heavy atom. The van der Waals surface area contributed by atoms with Gasteiger partial charge in [0.25, 0.3) is 0 Å². The molecule has 20 heavy (non-hydrogen) atoms. The molecule has 102 valence electrons. The normalized spacial score (nSPS) is 11.1. The number of hydrogen-bond acceptors (Lipinski definition) is 5. The number of aromatic nitrogens is 3. The summed E-state index contributed by atoms with van der Waals surface area (Å²) in [4.78, 5) is 8.71. The van der Waals surface area contributed by atoms with E-state index in [4.69, 9.17) is 4.52 Å². The number of benzene rings is 1. The molecule has 0 bridgehead atoms. The maximum absolute atomic E-state index is 5.08. The summed E-state index contributed by atoms with van der Waals surface area (Å²) in [5.41, 5.74) is 3.27. The first-order valence-corrected chi connectivity index (χ1v) is 6.57. The Bertz CT molecular complexity index is 736. The quantitative estimate of drug-likeness (QED) is 0.787. The third-order valence-electron chi connectivity index (χ3n) is 3.09. The second kappa shape index (κ2) is 5.38. The number of fused-ring (bicyclic) bond motifs is 1. The molecule has 5 heteroatoms. The van der Waals surface area contributed by atoms with E-state index in [0.717, 1.165) is 17.8 Å². The van der Waals surface area contributed by atoms with E-state index in [9.17, 15) is 0 Å². The number of hydrogen-bond donors (Lipinski definition) is 1. The summed E-state index contributed by atoms with van der Waals surface area (Å²) in [6.45, 7) is 5.13. The van der Waals surface area contributed by atoms with E-state index in [1.165, 1.54) is 10.9 Å². The van der Waals surface area contributed by atoms with E-state index in [1.807, 2.05) is 32.0 Å². The molecule has 0 aliphatic rings. The van der Waals surface area contributed by atoms with Crippen LogP contribution in [0.4, 0.5) is 0 Å². The van der Waals surface area contributed by atoms with Crippen molar-refractivity contribution in [1.29, 1.82) is 0 Å². The van der Waals surface area contributed by atoms with Gasteiger partial charge in [-0.2, -0.15) is 4.98 Å². The van der Waals surface area contributed by atoms with Gasteiger partial charge in [-0.25, -0.2) is 0 Å². The van der Waals surface area contributed by atoms with Crippen molar-refractivity contribution in [2.45, 2.75) is 26.9 Å². The Hall–Kier alpha value is -2.27. The first-order chi connectivity index (χ1) is 9.72. The van der Waals surface area contributed by atoms with Crippen LogP contribution in [-0.4, -0.2) is 15.1 Å². The molecule has 0 amide bonds. The van der Waals surface area contributed by atoms with Crippen LogP contribution in [0, 0.1) is 13.8 Å². The highest BCUT2D eigenvalue weighted by atomic mass is 16.5. The molecule has 0 saturated carbocycles. The summed E-state index contributed by atoms with van der Waals surface area (Å²) >= 11 is 0. The van der Waals surface area contributed by atoms with E-state index in [2.05, 4.69) is 32.6 Å². The van der Waals surface area contributed by atoms with Gasteiger partial charge < -0.3 is 9.84 Å². The molecule has 0 spiro atoms. The number of rotatable bonds is 4. The first-order valence-electron chi connectivity index (χ1n) is 6.57. The second-order valence-electron chi connectivity index (χ2n) is 4.78. The summed E-state index contributed by atoms with van der Waals surface area (Å²) in [5.74, 6) is 1.27. The molecule has 3 rings (SSSR count). The number of nitrogens with one attached hydrogen (secondary N) is 1. The standard InChI is InChI=1S/C15H16N4O/c1-10-7-12(13-5-3-4-6-14(13)17-10)8-16-9-15-18-11(2)19-20-15/h3-7,16H,8-9H2,1-2H3. The summed E-state index contributed by atoms with van der Waals surface area (Å²) in [6.07, 6.45) is 0. The maximum Gasteiger partial charge on any atom is 0.240 e.